The molecule has 7 nitrogen and oxygen atoms in total. The maximum absolute atomic E-state index is 12.4. The molecule has 0 saturated carbocycles. The zero-order valence-corrected chi connectivity index (χ0v) is 15.4. The standard InChI is InChI=1S/C21H20N4O3/c1-28-18-6-4-15(5-7-18)13-24-20(26)17-8-10-23-19(11-17)21(27)25-14-16-3-2-9-22-12-16/h2-12H,13-14H2,1H3,(H,24,26)(H,25,27). The highest BCUT2D eigenvalue weighted by molar-refractivity contribution is 5.98. The first kappa shape index (κ1) is 19.0. The van der Waals surface area contributed by atoms with Gasteiger partial charge in [-0.3, -0.25) is 19.6 Å². The molecule has 0 fully saturated rings. The van der Waals surface area contributed by atoms with Crippen LogP contribution in [-0.4, -0.2) is 28.9 Å². The van der Waals surface area contributed by atoms with Crippen molar-refractivity contribution in [1.82, 2.24) is 20.6 Å². The first-order chi connectivity index (χ1) is 13.7. The average molecular weight is 376 g/mol. The molecule has 2 N–H and O–H groups in total. The van der Waals surface area contributed by atoms with Crippen LogP contribution >= 0.6 is 0 Å². The van der Waals surface area contributed by atoms with E-state index in [9.17, 15) is 9.59 Å². The van der Waals surface area contributed by atoms with Gasteiger partial charge in [-0.05, 0) is 41.5 Å². The van der Waals surface area contributed by atoms with Crippen molar-refractivity contribution in [1.29, 1.82) is 0 Å². The topological polar surface area (TPSA) is 93.2 Å². The molecule has 0 aliphatic rings. The number of nitrogens with zero attached hydrogens (tertiary/aromatic N) is 2. The predicted octanol–water partition coefficient (Wildman–Crippen LogP) is 2.35. The van der Waals surface area contributed by atoms with Crippen molar-refractivity contribution in [3.63, 3.8) is 0 Å². The molecule has 0 aliphatic heterocycles. The van der Waals surface area contributed by atoms with E-state index in [2.05, 4.69) is 20.6 Å². The van der Waals surface area contributed by atoms with Crippen molar-refractivity contribution in [3.8, 4) is 5.75 Å². The minimum absolute atomic E-state index is 0.181. The number of hydrogen-bond donors (Lipinski definition) is 2. The minimum atomic E-state index is -0.353. The average Bonchev–Trinajstić information content (AvgIpc) is 2.77. The Kier molecular flexibility index (Phi) is 6.30. The maximum Gasteiger partial charge on any atom is 0.270 e. The van der Waals surface area contributed by atoms with Gasteiger partial charge in [0, 0.05) is 37.2 Å². The highest BCUT2D eigenvalue weighted by atomic mass is 16.5. The van der Waals surface area contributed by atoms with Gasteiger partial charge >= 0.3 is 0 Å². The van der Waals surface area contributed by atoms with Crippen molar-refractivity contribution in [3.05, 3.63) is 89.5 Å². The van der Waals surface area contributed by atoms with Gasteiger partial charge in [0.1, 0.15) is 11.4 Å². The van der Waals surface area contributed by atoms with Crippen LogP contribution in [0, 0.1) is 0 Å². The normalized spacial score (nSPS) is 10.2. The number of methoxy groups -OCH3 is 1. The number of hydrogen-bond acceptors (Lipinski definition) is 5. The van der Waals surface area contributed by atoms with Gasteiger partial charge in [-0.1, -0.05) is 18.2 Å². The SMILES string of the molecule is COc1ccc(CNC(=O)c2ccnc(C(=O)NCc3cccnc3)c2)cc1. The molecule has 1 aromatic carbocycles. The molecule has 28 heavy (non-hydrogen) atoms. The van der Waals surface area contributed by atoms with E-state index in [1.807, 2.05) is 30.3 Å². The van der Waals surface area contributed by atoms with Gasteiger partial charge in [0.15, 0.2) is 0 Å². The van der Waals surface area contributed by atoms with E-state index in [0.29, 0.717) is 18.7 Å². The molecular formula is C21H20N4O3. The van der Waals surface area contributed by atoms with Crippen LogP contribution in [0.5, 0.6) is 5.75 Å². The van der Waals surface area contributed by atoms with Crippen LogP contribution < -0.4 is 15.4 Å². The lowest BCUT2D eigenvalue weighted by Gasteiger charge is -2.08. The molecule has 2 amide bonds. The molecule has 0 radical (unpaired) electrons. The summed E-state index contributed by atoms with van der Waals surface area (Å²) in [4.78, 5) is 32.7. The maximum atomic E-state index is 12.4. The van der Waals surface area contributed by atoms with Crippen LogP contribution in [0.2, 0.25) is 0 Å². The second-order valence-electron chi connectivity index (χ2n) is 6.00. The van der Waals surface area contributed by atoms with E-state index in [0.717, 1.165) is 16.9 Å². The van der Waals surface area contributed by atoms with Crippen LogP contribution in [-0.2, 0) is 13.1 Å². The molecule has 0 bridgehead atoms. The van der Waals surface area contributed by atoms with Crippen molar-refractivity contribution in [2.45, 2.75) is 13.1 Å². The molecule has 3 aromatic rings. The Bertz CT molecular complexity index is 943. The summed E-state index contributed by atoms with van der Waals surface area (Å²) in [5, 5.41) is 5.59. The lowest BCUT2D eigenvalue weighted by Crippen LogP contribution is -2.26. The van der Waals surface area contributed by atoms with E-state index >= 15 is 0 Å². The van der Waals surface area contributed by atoms with Gasteiger partial charge < -0.3 is 15.4 Å². The number of aromatic nitrogens is 2. The van der Waals surface area contributed by atoms with Gasteiger partial charge in [-0.25, -0.2) is 0 Å². The third-order valence-electron chi connectivity index (χ3n) is 4.04. The zero-order valence-electron chi connectivity index (χ0n) is 15.4. The first-order valence-electron chi connectivity index (χ1n) is 8.70. The second kappa shape index (κ2) is 9.27. The Morgan fingerprint density at radius 3 is 2.39 bits per heavy atom. The fourth-order valence-corrected chi connectivity index (χ4v) is 2.50. The molecule has 2 aromatic heterocycles. The van der Waals surface area contributed by atoms with Gasteiger partial charge in [-0.2, -0.15) is 0 Å². The molecule has 3 rings (SSSR count). The summed E-state index contributed by atoms with van der Waals surface area (Å²) in [5.74, 6) is 0.124. The third-order valence-corrected chi connectivity index (χ3v) is 4.04. The summed E-state index contributed by atoms with van der Waals surface area (Å²) < 4.78 is 5.11. The smallest absolute Gasteiger partial charge is 0.270 e. The van der Waals surface area contributed by atoms with E-state index in [4.69, 9.17) is 4.74 Å². The predicted molar refractivity (Wildman–Crippen MR) is 104 cm³/mol. The Labute approximate surface area is 162 Å². The summed E-state index contributed by atoms with van der Waals surface area (Å²) in [6.45, 7) is 0.704. The molecule has 0 atom stereocenters. The van der Waals surface area contributed by atoms with E-state index in [1.54, 1.807) is 31.6 Å². The van der Waals surface area contributed by atoms with Crippen LogP contribution in [0.1, 0.15) is 32.0 Å². The minimum Gasteiger partial charge on any atom is -0.497 e. The Hall–Kier alpha value is -3.74. The fourth-order valence-electron chi connectivity index (χ4n) is 2.50. The number of amides is 2. The Morgan fingerprint density at radius 1 is 0.929 bits per heavy atom. The van der Waals surface area contributed by atoms with E-state index in [1.165, 1.54) is 12.3 Å². The molecule has 2 heterocycles. The van der Waals surface area contributed by atoms with Crippen LogP contribution in [0.25, 0.3) is 0 Å². The quantitative estimate of drug-likeness (QED) is 0.660. The number of carbonyl (C=O) groups is 2. The van der Waals surface area contributed by atoms with Crippen molar-refractivity contribution >= 4 is 11.8 Å². The number of rotatable bonds is 7. The van der Waals surface area contributed by atoms with Gasteiger partial charge in [0.05, 0.1) is 7.11 Å². The van der Waals surface area contributed by atoms with Gasteiger partial charge in [-0.15, -0.1) is 0 Å². The van der Waals surface area contributed by atoms with Crippen molar-refractivity contribution in [2.75, 3.05) is 7.11 Å². The number of benzene rings is 1. The third kappa shape index (κ3) is 5.14. The molecule has 7 heteroatoms. The molecule has 0 aliphatic carbocycles. The molecular weight excluding hydrogens is 356 g/mol. The highest BCUT2D eigenvalue weighted by Gasteiger charge is 2.12. The van der Waals surface area contributed by atoms with Crippen LogP contribution in [0.4, 0.5) is 0 Å². The lowest BCUT2D eigenvalue weighted by molar-refractivity contribution is 0.0946. The highest BCUT2D eigenvalue weighted by Crippen LogP contribution is 2.11. The lowest BCUT2D eigenvalue weighted by atomic mass is 10.2. The summed E-state index contributed by atoms with van der Waals surface area (Å²) in [6, 6.07) is 14.1. The number of pyridine rings is 2. The Morgan fingerprint density at radius 2 is 1.68 bits per heavy atom. The van der Waals surface area contributed by atoms with Gasteiger partial charge in [0.25, 0.3) is 11.8 Å². The molecule has 0 spiro atoms. The molecule has 142 valence electrons. The fraction of sp³-hybridized carbons (Fsp3) is 0.143. The van der Waals surface area contributed by atoms with Crippen molar-refractivity contribution < 1.29 is 14.3 Å². The first-order valence-corrected chi connectivity index (χ1v) is 8.70. The zero-order chi connectivity index (χ0) is 19.8. The monoisotopic (exact) mass is 376 g/mol. The van der Waals surface area contributed by atoms with Crippen LogP contribution in [0.15, 0.2) is 67.1 Å². The molecule has 0 saturated heterocycles. The summed E-state index contributed by atoms with van der Waals surface area (Å²) in [7, 11) is 1.60. The van der Waals surface area contributed by atoms with Gasteiger partial charge in [0.2, 0.25) is 0 Å². The Balaban J connectivity index is 1.58. The largest absolute Gasteiger partial charge is 0.497 e. The van der Waals surface area contributed by atoms with E-state index < -0.39 is 0 Å². The second-order valence-corrected chi connectivity index (χ2v) is 6.00. The summed E-state index contributed by atoms with van der Waals surface area (Å²) in [6.07, 6.45) is 4.79. The number of nitrogens with one attached hydrogen (secondary N) is 2. The summed E-state index contributed by atoms with van der Waals surface area (Å²) >= 11 is 0. The van der Waals surface area contributed by atoms with E-state index in [-0.39, 0.29) is 17.5 Å². The van der Waals surface area contributed by atoms with Crippen molar-refractivity contribution in [2.24, 2.45) is 0 Å². The number of carbonyl (C=O) groups excluding carboxylic acids is 2. The summed E-state index contributed by atoms with van der Waals surface area (Å²) in [5.41, 5.74) is 2.37. The van der Waals surface area contributed by atoms with Crippen LogP contribution in [0.3, 0.4) is 0 Å². The molecule has 0 unspecified atom stereocenters. The number of ether oxygens (including phenoxy) is 1.